The molecule has 0 bridgehead atoms. The summed E-state index contributed by atoms with van der Waals surface area (Å²) >= 11 is 0. The second kappa shape index (κ2) is 4.51. The van der Waals surface area contributed by atoms with Crippen molar-refractivity contribution in [1.82, 2.24) is 10.6 Å². The van der Waals surface area contributed by atoms with E-state index in [2.05, 4.69) is 10.6 Å². The van der Waals surface area contributed by atoms with Gasteiger partial charge in [-0.1, -0.05) is 6.08 Å². The van der Waals surface area contributed by atoms with E-state index in [0.717, 1.165) is 0 Å². The number of amides is 2. The number of hydrogen-bond donors (Lipinski definition) is 2. The van der Waals surface area contributed by atoms with Gasteiger partial charge in [-0.15, -0.1) is 0 Å². The fourth-order valence-electron chi connectivity index (χ4n) is 2.05. The van der Waals surface area contributed by atoms with Crippen molar-refractivity contribution >= 4 is 12.2 Å². The van der Waals surface area contributed by atoms with E-state index in [4.69, 9.17) is 9.47 Å². The third-order valence-electron chi connectivity index (χ3n) is 2.73. The number of nitrogens with one attached hydrogen (secondary N) is 2. The largest absolute Gasteiger partial charge is 0.444 e. The van der Waals surface area contributed by atoms with Gasteiger partial charge < -0.3 is 20.1 Å². The minimum absolute atomic E-state index is 0.207. The molecule has 2 aliphatic rings. The number of rotatable bonds is 1. The highest BCUT2D eigenvalue weighted by Gasteiger charge is 2.40. The summed E-state index contributed by atoms with van der Waals surface area (Å²) in [5.74, 6) is 0. The van der Waals surface area contributed by atoms with Gasteiger partial charge in [0.15, 0.2) is 0 Å². The summed E-state index contributed by atoms with van der Waals surface area (Å²) in [6, 6.07) is -0.434. The molecule has 18 heavy (non-hydrogen) atoms. The first-order valence-corrected chi connectivity index (χ1v) is 5.98. The third kappa shape index (κ3) is 2.94. The maximum atomic E-state index is 11.7. The van der Waals surface area contributed by atoms with Crippen molar-refractivity contribution in [2.75, 3.05) is 0 Å². The lowest BCUT2D eigenvalue weighted by Gasteiger charge is -2.29. The fourth-order valence-corrected chi connectivity index (χ4v) is 2.05. The second-order valence-corrected chi connectivity index (χ2v) is 5.46. The Hall–Kier alpha value is -1.72. The third-order valence-corrected chi connectivity index (χ3v) is 2.73. The van der Waals surface area contributed by atoms with Crippen molar-refractivity contribution in [3.8, 4) is 0 Å². The van der Waals surface area contributed by atoms with Gasteiger partial charge in [0.2, 0.25) is 0 Å². The Morgan fingerprint density at radius 2 is 2.28 bits per heavy atom. The Morgan fingerprint density at radius 1 is 1.56 bits per heavy atom. The fraction of sp³-hybridized carbons (Fsp3) is 0.667. The van der Waals surface area contributed by atoms with Gasteiger partial charge in [-0.25, -0.2) is 9.59 Å². The topological polar surface area (TPSA) is 76.7 Å². The summed E-state index contributed by atoms with van der Waals surface area (Å²) in [7, 11) is 0. The number of fused-ring (bicyclic) bond motifs is 1. The van der Waals surface area contributed by atoms with E-state index in [1.165, 1.54) is 0 Å². The van der Waals surface area contributed by atoms with Gasteiger partial charge in [-0.3, -0.25) is 0 Å². The SMILES string of the molecule is CC(C)(C)OC(=O)N[C@H]1CC=C[C@@H]2OC(=O)N[C@H]12. The molecule has 1 aliphatic heterocycles. The molecule has 0 unspecified atom stereocenters. The van der Waals surface area contributed by atoms with E-state index in [1.54, 1.807) is 20.8 Å². The molecule has 2 rings (SSSR count). The van der Waals surface area contributed by atoms with Crippen molar-refractivity contribution in [2.24, 2.45) is 0 Å². The minimum atomic E-state index is -0.538. The van der Waals surface area contributed by atoms with Crippen LogP contribution in [0.5, 0.6) is 0 Å². The summed E-state index contributed by atoms with van der Waals surface area (Å²) in [4.78, 5) is 22.8. The molecule has 1 aliphatic carbocycles. The number of ether oxygens (including phenoxy) is 2. The molecule has 1 saturated heterocycles. The molecule has 0 aromatic heterocycles. The van der Waals surface area contributed by atoms with E-state index in [9.17, 15) is 9.59 Å². The smallest absolute Gasteiger partial charge is 0.408 e. The van der Waals surface area contributed by atoms with E-state index < -0.39 is 17.8 Å². The maximum Gasteiger partial charge on any atom is 0.408 e. The van der Waals surface area contributed by atoms with Crippen molar-refractivity contribution in [3.05, 3.63) is 12.2 Å². The number of hydrogen-bond acceptors (Lipinski definition) is 4. The van der Waals surface area contributed by atoms with Gasteiger partial charge >= 0.3 is 12.2 Å². The summed E-state index contributed by atoms with van der Waals surface area (Å²) in [6.07, 6.45) is 3.12. The van der Waals surface area contributed by atoms with Crippen LogP contribution in [0, 0.1) is 0 Å². The molecular weight excluding hydrogens is 236 g/mol. The first-order chi connectivity index (χ1) is 8.35. The van der Waals surface area contributed by atoms with Crippen molar-refractivity contribution in [3.63, 3.8) is 0 Å². The first kappa shape index (κ1) is 12.7. The van der Waals surface area contributed by atoms with Gasteiger partial charge in [-0.2, -0.15) is 0 Å². The van der Waals surface area contributed by atoms with Crippen molar-refractivity contribution in [2.45, 2.75) is 51.0 Å². The molecular formula is C12H18N2O4. The lowest BCUT2D eigenvalue weighted by atomic mass is 9.94. The Balaban J connectivity index is 1.95. The van der Waals surface area contributed by atoms with Gasteiger partial charge in [0.1, 0.15) is 11.7 Å². The Morgan fingerprint density at radius 3 is 2.94 bits per heavy atom. The monoisotopic (exact) mass is 254 g/mol. The highest BCUT2D eigenvalue weighted by atomic mass is 16.6. The average molecular weight is 254 g/mol. The number of alkyl carbamates (subject to hydrolysis) is 2. The van der Waals surface area contributed by atoms with Crippen molar-refractivity contribution in [1.29, 1.82) is 0 Å². The van der Waals surface area contributed by atoms with Crippen LogP contribution in [0.15, 0.2) is 12.2 Å². The molecule has 0 aromatic rings. The summed E-state index contributed by atoms with van der Waals surface area (Å²) < 4.78 is 10.2. The van der Waals surface area contributed by atoms with E-state index in [1.807, 2.05) is 12.2 Å². The molecule has 0 radical (unpaired) electrons. The lowest BCUT2D eigenvalue weighted by molar-refractivity contribution is 0.0485. The first-order valence-electron chi connectivity index (χ1n) is 5.98. The van der Waals surface area contributed by atoms with Gasteiger partial charge in [0.25, 0.3) is 0 Å². The molecule has 1 fully saturated rings. The maximum absolute atomic E-state index is 11.7. The Kier molecular flexibility index (Phi) is 3.19. The number of carbonyl (C=O) groups excluding carboxylic acids is 2. The van der Waals surface area contributed by atoms with Crippen LogP contribution in [-0.4, -0.2) is 36.0 Å². The van der Waals surface area contributed by atoms with E-state index >= 15 is 0 Å². The predicted molar refractivity (Wildman–Crippen MR) is 64.1 cm³/mol. The molecule has 6 nitrogen and oxygen atoms in total. The van der Waals surface area contributed by atoms with Crippen LogP contribution in [0.25, 0.3) is 0 Å². The van der Waals surface area contributed by atoms with Crippen LogP contribution in [0.2, 0.25) is 0 Å². The molecule has 0 spiro atoms. The summed E-state index contributed by atoms with van der Waals surface area (Å²) in [6.45, 7) is 5.41. The van der Waals surface area contributed by atoms with E-state index in [-0.39, 0.29) is 18.2 Å². The highest BCUT2D eigenvalue weighted by Crippen LogP contribution is 2.21. The molecule has 2 N–H and O–H groups in total. The second-order valence-electron chi connectivity index (χ2n) is 5.46. The van der Waals surface area contributed by atoms with Crippen LogP contribution < -0.4 is 10.6 Å². The summed E-state index contributed by atoms with van der Waals surface area (Å²) in [5, 5.41) is 5.45. The van der Waals surface area contributed by atoms with E-state index in [0.29, 0.717) is 6.42 Å². The predicted octanol–water partition coefficient (Wildman–Crippen LogP) is 1.32. The van der Waals surface area contributed by atoms with Crippen molar-refractivity contribution < 1.29 is 19.1 Å². The molecule has 1 heterocycles. The quantitative estimate of drug-likeness (QED) is 0.692. The van der Waals surface area contributed by atoms with Crippen LogP contribution >= 0.6 is 0 Å². The standard InChI is InChI=1S/C12H18N2O4/c1-12(2,3)18-11(16)13-7-5-4-6-8-9(7)14-10(15)17-8/h4,6-9H,5H2,1-3H3,(H,13,16)(H,14,15)/t7-,8-,9+/m0/s1. The zero-order valence-electron chi connectivity index (χ0n) is 10.7. The molecule has 6 heteroatoms. The molecule has 3 atom stereocenters. The highest BCUT2D eigenvalue weighted by molar-refractivity contribution is 5.72. The van der Waals surface area contributed by atoms with Gasteiger partial charge in [-0.05, 0) is 33.3 Å². The van der Waals surface area contributed by atoms with Gasteiger partial charge in [0, 0.05) is 0 Å². The van der Waals surface area contributed by atoms with Crippen LogP contribution in [0.4, 0.5) is 9.59 Å². The minimum Gasteiger partial charge on any atom is -0.444 e. The Bertz CT molecular complexity index is 386. The zero-order valence-corrected chi connectivity index (χ0v) is 10.7. The summed E-state index contributed by atoms with van der Waals surface area (Å²) in [5.41, 5.74) is -0.538. The van der Waals surface area contributed by atoms with Crippen LogP contribution in [0.1, 0.15) is 27.2 Å². The lowest BCUT2D eigenvalue weighted by Crippen LogP contribution is -2.53. The Labute approximate surface area is 106 Å². The molecule has 2 amide bonds. The number of carbonyl (C=O) groups is 2. The normalized spacial score (nSPS) is 30.2. The van der Waals surface area contributed by atoms with Gasteiger partial charge in [0.05, 0.1) is 12.1 Å². The van der Waals surface area contributed by atoms with Crippen LogP contribution in [-0.2, 0) is 9.47 Å². The molecule has 100 valence electrons. The zero-order chi connectivity index (χ0) is 13.3. The average Bonchev–Trinajstić information content (AvgIpc) is 2.56. The van der Waals surface area contributed by atoms with Crippen LogP contribution in [0.3, 0.4) is 0 Å². The molecule has 0 aromatic carbocycles. The molecule has 0 saturated carbocycles.